The third-order valence-electron chi connectivity index (χ3n) is 3.24. The van der Waals surface area contributed by atoms with Crippen molar-refractivity contribution in [2.75, 3.05) is 13.1 Å². The molecule has 1 aliphatic heterocycles. The van der Waals surface area contributed by atoms with Gasteiger partial charge >= 0.3 is 0 Å². The van der Waals surface area contributed by atoms with E-state index in [0.717, 1.165) is 18.6 Å². The summed E-state index contributed by atoms with van der Waals surface area (Å²) in [5.74, 6) is 0.731. The molecule has 0 atom stereocenters. The fourth-order valence-corrected chi connectivity index (χ4v) is 2.24. The van der Waals surface area contributed by atoms with E-state index < -0.39 is 0 Å². The molecule has 0 aliphatic carbocycles. The molecule has 19 heavy (non-hydrogen) atoms. The van der Waals surface area contributed by atoms with E-state index in [9.17, 15) is 9.59 Å². The highest BCUT2D eigenvalue weighted by atomic mass is 16.5. The third kappa shape index (κ3) is 4.09. The number of rotatable bonds is 4. The molecule has 0 aromatic heterocycles. The monoisotopic (exact) mass is 261 g/mol. The van der Waals surface area contributed by atoms with Crippen LogP contribution in [0.2, 0.25) is 0 Å². The number of carbonyl (C=O) groups is 2. The summed E-state index contributed by atoms with van der Waals surface area (Å²) in [6.45, 7) is 2.79. The van der Waals surface area contributed by atoms with Gasteiger partial charge in [-0.3, -0.25) is 9.59 Å². The first-order valence-corrected chi connectivity index (χ1v) is 6.64. The number of ketones is 1. The first kappa shape index (κ1) is 13.6. The largest absolute Gasteiger partial charge is 0.490 e. The number of amides is 1. The van der Waals surface area contributed by atoms with Gasteiger partial charge in [-0.1, -0.05) is 18.2 Å². The van der Waals surface area contributed by atoms with Crippen LogP contribution in [-0.4, -0.2) is 35.8 Å². The van der Waals surface area contributed by atoms with Gasteiger partial charge in [0.2, 0.25) is 5.91 Å². The molecule has 1 aromatic rings. The Labute approximate surface area is 113 Å². The molecule has 1 heterocycles. The Bertz CT molecular complexity index is 436. The zero-order valence-electron chi connectivity index (χ0n) is 11.2. The van der Waals surface area contributed by atoms with E-state index in [2.05, 4.69) is 0 Å². The van der Waals surface area contributed by atoms with E-state index in [1.165, 1.54) is 6.92 Å². The normalized spacial score (nSPS) is 16.2. The Kier molecular flexibility index (Phi) is 4.55. The minimum absolute atomic E-state index is 0.0181. The van der Waals surface area contributed by atoms with Crippen molar-refractivity contribution in [3.05, 3.63) is 30.3 Å². The number of hydrogen-bond acceptors (Lipinski definition) is 3. The van der Waals surface area contributed by atoms with Gasteiger partial charge in [-0.2, -0.15) is 0 Å². The Hall–Kier alpha value is -1.84. The molecule has 0 saturated carbocycles. The Morgan fingerprint density at radius 3 is 2.42 bits per heavy atom. The van der Waals surface area contributed by atoms with Gasteiger partial charge in [0.15, 0.2) is 0 Å². The van der Waals surface area contributed by atoms with Crippen molar-refractivity contribution < 1.29 is 14.3 Å². The average molecular weight is 261 g/mol. The van der Waals surface area contributed by atoms with Gasteiger partial charge in [-0.25, -0.2) is 0 Å². The molecule has 1 aromatic carbocycles. The zero-order valence-corrected chi connectivity index (χ0v) is 11.2. The van der Waals surface area contributed by atoms with Crippen molar-refractivity contribution >= 4 is 11.7 Å². The molecule has 2 rings (SSSR count). The minimum atomic E-state index is -0.0762. The third-order valence-corrected chi connectivity index (χ3v) is 3.24. The highest BCUT2D eigenvalue weighted by molar-refractivity contribution is 5.96. The second-order valence-corrected chi connectivity index (χ2v) is 4.89. The molecule has 4 heteroatoms. The predicted molar refractivity (Wildman–Crippen MR) is 72.0 cm³/mol. The van der Waals surface area contributed by atoms with Gasteiger partial charge < -0.3 is 9.64 Å². The van der Waals surface area contributed by atoms with E-state index in [1.54, 1.807) is 4.90 Å². The first-order chi connectivity index (χ1) is 9.15. The second kappa shape index (κ2) is 6.36. The van der Waals surface area contributed by atoms with E-state index in [1.807, 2.05) is 30.3 Å². The molecule has 102 valence electrons. The van der Waals surface area contributed by atoms with Crippen molar-refractivity contribution in [3.8, 4) is 5.75 Å². The van der Waals surface area contributed by atoms with Crippen LogP contribution < -0.4 is 4.74 Å². The van der Waals surface area contributed by atoms with E-state index >= 15 is 0 Å². The minimum Gasteiger partial charge on any atom is -0.490 e. The van der Waals surface area contributed by atoms with Gasteiger partial charge in [0.1, 0.15) is 17.6 Å². The van der Waals surface area contributed by atoms with Crippen LogP contribution >= 0.6 is 0 Å². The van der Waals surface area contributed by atoms with Crippen LogP contribution in [0.3, 0.4) is 0 Å². The lowest BCUT2D eigenvalue weighted by Crippen LogP contribution is -2.42. The van der Waals surface area contributed by atoms with Crippen LogP contribution in [0.25, 0.3) is 0 Å². The summed E-state index contributed by atoms with van der Waals surface area (Å²) < 4.78 is 5.86. The molecule has 1 saturated heterocycles. The van der Waals surface area contributed by atoms with Crippen LogP contribution in [0.5, 0.6) is 5.75 Å². The number of hydrogen-bond donors (Lipinski definition) is 0. The lowest BCUT2D eigenvalue weighted by atomic mass is 10.1. The highest BCUT2D eigenvalue weighted by Crippen LogP contribution is 2.18. The summed E-state index contributed by atoms with van der Waals surface area (Å²) >= 11 is 0. The fourth-order valence-electron chi connectivity index (χ4n) is 2.24. The van der Waals surface area contributed by atoms with E-state index in [4.69, 9.17) is 4.74 Å². The summed E-state index contributed by atoms with van der Waals surface area (Å²) in [4.78, 5) is 24.4. The maximum atomic E-state index is 11.7. The summed E-state index contributed by atoms with van der Waals surface area (Å²) in [5, 5.41) is 0. The van der Waals surface area contributed by atoms with Crippen molar-refractivity contribution in [2.45, 2.75) is 32.3 Å². The van der Waals surface area contributed by atoms with Gasteiger partial charge in [0.05, 0.1) is 6.42 Å². The number of carbonyl (C=O) groups excluding carboxylic acids is 2. The molecular weight excluding hydrogens is 242 g/mol. The second-order valence-electron chi connectivity index (χ2n) is 4.89. The Morgan fingerprint density at radius 1 is 1.21 bits per heavy atom. The maximum absolute atomic E-state index is 11.7. The SMILES string of the molecule is CC(=O)CC(=O)N1CCC(Oc2ccccc2)CC1. The van der Waals surface area contributed by atoms with Gasteiger partial charge in [0, 0.05) is 25.9 Å². The quantitative estimate of drug-likeness (QED) is 0.779. The lowest BCUT2D eigenvalue weighted by Gasteiger charge is -2.32. The average Bonchev–Trinajstić information content (AvgIpc) is 2.40. The molecule has 1 amide bonds. The topological polar surface area (TPSA) is 46.6 Å². The summed E-state index contributed by atoms with van der Waals surface area (Å²) in [6.07, 6.45) is 1.81. The lowest BCUT2D eigenvalue weighted by molar-refractivity contribution is -0.136. The number of benzene rings is 1. The number of nitrogens with zero attached hydrogens (tertiary/aromatic N) is 1. The van der Waals surface area contributed by atoms with Gasteiger partial charge in [0.25, 0.3) is 0 Å². The van der Waals surface area contributed by atoms with Crippen LogP contribution in [0, 0.1) is 0 Å². The summed E-state index contributed by atoms with van der Waals surface area (Å²) in [5.41, 5.74) is 0. The number of para-hydroxylation sites is 1. The van der Waals surface area contributed by atoms with Crippen LogP contribution in [0.4, 0.5) is 0 Å². The number of Topliss-reactive ketones (excluding diaryl/α,β-unsaturated/α-hetero) is 1. The highest BCUT2D eigenvalue weighted by Gasteiger charge is 2.24. The zero-order chi connectivity index (χ0) is 13.7. The molecule has 0 radical (unpaired) electrons. The van der Waals surface area contributed by atoms with Crippen molar-refractivity contribution in [1.29, 1.82) is 0 Å². The van der Waals surface area contributed by atoms with Crippen LogP contribution in [0.1, 0.15) is 26.2 Å². The smallest absolute Gasteiger partial charge is 0.230 e. The Morgan fingerprint density at radius 2 is 1.84 bits per heavy atom. The maximum Gasteiger partial charge on any atom is 0.230 e. The molecule has 0 unspecified atom stereocenters. The molecule has 0 N–H and O–H groups in total. The molecule has 1 fully saturated rings. The van der Waals surface area contributed by atoms with Crippen LogP contribution in [-0.2, 0) is 9.59 Å². The molecule has 4 nitrogen and oxygen atoms in total. The summed E-state index contributed by atoms with van der Waals surface area (Å²) in [6, 6.07) is 9.72. The first-order valence-electron chi connectivity index (χ1n) is 6.64. The molecule has 1 aliphatic rings. The number of likely N-dealkylation sites (tertiary alicyclic amines) is 1. The fraction of sp³-hybridized carbons (Fsp3) is 0.467. The van der Waals surface area contributed by atoms with Crippen molar-refractivity contribution in [3.63, 3.8) is 0 Å². The molecular formula is C15H19NO3. The van der Waals surface area contributed by atoms with Crippen molar-refractivity contribution in [1.82, 2.24) is 4.90 Å². The van der Waals surface area contributed by atoms with Crippen molar-refractivity contribution in [2.24, 2.45) is 0 Å². The molecule has 0 bridgehead atoms. The predicted octanol–water partition coefficient (Wildman–Crippen LogP) is 2.04. The summed E-state index contributed by atoms with van der Waals surface area (Å²) in [7, 11) is 0. The van der Waals surface area contributed by atoms with Gasteiger partial charge in [-0.15, -0.1) is 0 Å². The van der Waals surface area contributed by atoms with Crippen LogP contribution in [0.15, 0.2) is 30.3 Å². The number of piperidine rings is 1. The van der Waals surface area contributed by atoms with E-state index in [0.29, 0.717) is 13.1 Å². The standard InChI is InChI=1S/C15H19NO3/c1-12(17)11-15(18)16-9-7-14(8-10-16)19-13-5-3-2-4-6-13/h2-6,14H,7-11H2,1H3. The molecule has 0 spiro atoms. The van der Waals surface area contributed by atoms with E-state index in [-0.39, 0.29) is 24.2 Å². The Balaban J connectivity index is 1.79. The number of ether oxygens (including phenoxy) is 1. The van der Waals surface area contributed by atoms with Gasteiger partial charge in [-0.05, 0) is 19.1 Å².